The van der Waals surface area contributed by atoms with Crippen molar-refractivity contribution in [1.29, 1.82) is 0 Å². The molecule has 0 aliphatic rings. The highest BCUT2D eigenvalue weighted by Crippen LogP contribution is 2.15. The molecule has 3 amide bonds. The number of imide groups is 1. The van der Waals surface area contributed by atoms with Crippen LogP contribution in [0.15, 0.2) is 5.16 Å². The third kappa shape index (κ3) is 4.24. The Balaban J connectivity index is 2.38. The van der Waals surface area contributed by atoms with Gasteiger partial charge in [0.15, 0.2) is 5.16 Å². The van der Waals surface area contributed by atoms with Crippen LogP contribution < -0.4 is 16.4 Å². The predicted molar refractivity (Wildman–Crippen MR) is 67.9 cm³/mol. The number of hydrogen-bond donors (Lipinski definition) is 3. The first-order chi connectivity index (χ1) is 8.40. The Hall–Kier alpha value is -1.77. The minimum atomic E-state index is -0.506. The van der Waals surface area contributed by atoms with E-state index in [0.29, 0.717) is 5.16 Å². The van der Waals surface area contributed by atoms with Crippen LogP contribution in [0.1, 0.15) is 13.8 Å². The summed E-state index contributed by atoms with van der Waals surface area (Å²) in [6, 6.07) is -0.530. The van der Waals surface area contributed by atoms with Crippen LogP contribution in [0, 0.1) is 0 Å². The molecule has 1 aromatic rings. The fourth-order valence-corrected chi connectivity index (χ4v) is 1.76. The quantitative estimate of drug-likeness (QED) is 0.650. The number of carbonyl (C=O) groups excluding carboxylic acids is 2. The fourth-order valence-electron chi connectivity index (χ4n) is 1.04. The van der Waals surface area contributed by atoms with Crippen LogP contribution in [-0.2, 0) is 11.8 Å². The van der Waals surface area contributed by atoms with Crippen LogP contribution in [0.2, 0.25) is 0 Å². The maximum atomic E-state index is 11.4. The molecule has 8 nitrogen and oxygen atoms in total. The van der Waals surface area contributed by atoms with Crippen molar-refractivity contribution in [1.82, 2.24) is 25.4 Å². The van der Waals surface area contributed by atoms with Gasteiger partial charge in [0.25, 0.3) is 0 Å². The summed E-state index contributed by atoms with van der Waals surface area (Å²) in [4.78, 5) is 22.7. The molecule has 0 spiro atoms. The first-order valence-corrected chi connectivity index (χ1v) is 6.26. The van der Waals surface area contributed by atoms with Gasteiger partial charge in [-0.1, -0.05) is 11.8 Å². The van der Waals surface area contributed by atoms with Crippen molar-refractivity contribution in [3.63, 3.8) is 0 Å². The van der Waals surface area contributed by atoms with E-state index in [9.17, 15) is 9.59 Å². The van der Waals surface area contributed by atoms with Gasteiger partial charge >= 0.3 is 6.03 Å². The van der Waals surface area contributed by atoms with Gasteiger partial charge in [0.2, 0.25) is 11.9 Å². The van der Waals surface area contributed by atoms with Gasteiger partial charge in [-0.25, -0.2) is 4.79 Å². The largest absolute Gasteiger partial charge is 0.368 e. The maximum Gasteiger partial charge on any atom is 0.321 e. The standard InChI is InChI=1S/C9H16N6O2S/c1-5(2)11-8(17)12-6(16)4-18-9-14-13-7(10)15(9)3/h5H,4H2,1-3H3,(H2,10,13)(H2,11,12,16,17). The predicted octanol–water partition coefficient (Wildman–Crippen LogP) is -0.276. The van der Waals surface area contributed by atoms with Gasteiger partial charge in [-0.2, -0.15) is 0 Å². The van der Waals surface area contributed by atoms with Crippen molar-refractivity contribution in [2.24, 2.45) is 7.05 Å². The molecule has 1 heterocycles. The summed E-state index contributed by atoms with van der Waals surface area (Å²) in [6.07, 6.45) is 0. The van der Waals surface area contributed by atoms with Gasteiger partial charge in [0, 0.05) is 13.1 Å². The monoisotopic (exact) mass is 272 g/mol. The Morgan fingerprint density at radius 3 is 2.61 bits per heavy atom. The summed E-state index contributed by atoms with van der Waals surface area (Å²) >= 11 is 1.15. The molecule has 100 valence electrons. The highest BCUT2D eigenvalue weighted by molar-refractivity contribution is 7.99. The molecule has 9 heteroatoms. The lowest BCUT2D eigenvalue weighted by Crippen LogP contribution is -2.43. The molecule has 0 saturated heterocycles. The van der Waals surface area contributed by atoms with Gasteiger partial charge in [0.05, 0.1) is 5.75 Å². The summed E-state index contributed by atoms with van der Waals surface area (Å²) < 4.78 is 1.56. The minimum Gasteiger partial charge on any atom is -0.368 e. The molecule has 0 unspecified atom stereocenters. The molecule has 0 aliphatic carbocycles. The zero-order valence-electron chi connectivity index (χ0n) is 10.4. The lowest BCUT2D eigenvalue weighted by atomic mass is 10.4. The summed E-state index contributed by atoms with van der Waals surface area (Å²) in [5, 5.41) is 12.7. The number of hydrogen-bond acceptors (Lipinski definition) is 6. The number of aromatic nitrogens is 3. The van der Waals surface area contributed by atoms with Gasteiger partial charge in [-0.05, 0) is 13.8 Å². The average molecular weight is 272 g/mol. The van der Waals surface area contributed by atoms with E-state index < -0.39 is 11.9 Å². The average Bonchev–Trinajstić information content (AvgIpc) is 2.56. The van der Waals surface area contributed by atoms with Crippen molar-refractivity contribution < 1.29 is 9.59 Å². The van der Waals surface area contributed by atoms with Crippen molar-refractivity contribution >= 4 is 29.6 Å². The van der Waals surface area contributed by atoms with Gasteiger partial charge in [0.1, 0.15) is 0 Å². The molecular formula is C9H16N6O2S. The molecule has 4 N–H and O–H groups in total. The first kappa shape index (κ1) is 14.3. The van der Waals surface area contributed by atoms with Crippen molar-refractivity contribution in [2.75, 3.05) is 11.5 Å². The zero-order chi connectivity index (χ0) is 13.7. The van der Waals surface area contributed by atoms with E-state index in [1.165, 1.54) is 0 Å². The number of carbonyl (C=O) groups is 2. The van der Waals surface area contributed by atoms with E-state index in [1.807, 2.05) is 0 Å². The summed E-state index contributed by atoms with van der Waals surface area (Å²) in [7, 11) is 1.70. The van der Waals surface area contributed by atoms with E-state index in [4.69, 9.17) is 5.73 Å². The Morgan fingerprint density at radius 2 is 2.11 bits per heavy atom. The number of amides is 3. The summed E-state index contributed by atoms with van der Waals surface area (Å²) in [5.74, 6) is -0.0625. The van der Waals surface area contributed by atoms with Gasteiger partial charge in [-0.15, -0.1) is 10.2 Å². The molecule has 0 radical (unpaired) electrons. The molecule has 0 aromatic carbocycles. The molecule has 0 fully saturated rings. The second kappa shape index (κ2) is 6.24. The Morgan fingerprint density at radius 1 is 1.44 bits per heavy atom. The van der Waals surface area contributed by atoms with Crippen molar-refractivity contribution in [2.45, 2.75) is 25.0 Å². The molecule has 0 bridgehead atoms. The molecule has 0 aliphatic heterocycles. The van der Waals surface area contributed by atoms with Crippen molar-refractivity contribution in [3.8, 4) is 0 Å². The topological polar surface area (TPSA) is 115 Å². The molecule has 1 rings (SSSR count). The SMILES string of the molecule is CC(C)NC(=O)NC(=O)CSc1nnc(N)n1C. The molecule has 0 saturated carbocycles. The molecular weight excluding hydrogens is 256 g/mol. The van der Waals surface area contributed by atoms with E-state index in [2.05, 4.69) is 20.8 Å². The summed E-state index contributed by atoms with van der Waals surface area (Å²) in [5.41, 5.74) is 5.49. The van der Waals surface area contributed by atoms with Crippen LogP contribution in [0.5, 0.6) is 0 Å². The number of nitrogens with one attached hydrogen (secondary N) is 2. The first-order valence-electron chi connectivity index (χ1n) is 5.28. The lowest BCUT2D eigenvalue weighted by Gasteiger charge is -2.08. The van der Waals surface area contributed by atoms with Gasteiger partial charge < -0.3 is 11.1 Å². The Labute approximate surface area is 109 Å². The molecule has 18 heavy (non-hydrogen) atoms. The Kier molecular flexibility index (Phi) is 4.95. The molecule has 0 atom stereocenters. The van der Waals surface area contributed by atoms with E-state index in [-0.39, 0.29) is 17.7 Å². The number of nitrogens with two attached hydrogens (primary N) is 1. The number of nitrogens with zero attached hydrogens (tertiary/aromatic N) is 3. The number of anilines is 1. The normalized spacial score (nSPS) is 10.4. The summed E-state index contributed by atoms with van der Waals surface area (Å²) in [6.45, 7) is 3.61. The van der Waals surface area contributed by atoms with E-state index in [1.54, 1.807) is 25.5 Å². The van der Waals surface area contributed by atoms with Crippen LogP contribution in [-0.4, -0.2) is 38.5 Å². The zero-order valence-corrected chi connectivity index (χ0v) is 11.2. The van der Waals surface area contributed by atoms with Crippen LogP contribution >= 0.6 is 11.8 Å². The second-order valence-electron chi connectivity index (χ2n) is 3.86. The van der Waals surface area contributed by atoms with Crippen LogP contribution in [0.3, 0.4) is 0 Å². The minimum absolute atomic E-state index is 0.0241. The van der Waals surface area contributed by atoms with E-state index in [0.717, 1.165) is 11.8 Å². The van der Waals surface area contributed by atoms with Crippen molar-refractivity contribution in [3.05, 3.63) is 0 Å². The number of thioether (sulfide) groups is 1. The smallest absolute Gasteiger partial charge is 0.321 e. The maximum absolute atomic E-state index is 11.4. The lowest BCUT2D eigenvalue weighted by molar-refractivity contribution is -0.117. The Bertz CT molecular complexity index is 444. The highest BCUT2D eigenvalue weighted by Gasteiger charge is 2.12. The van der Waals surface area contributed by atoms with Crippen LogP contribution in [0.4, 0.5) is 10.7 Å². The van der Waals surface area contributed by atoms with Crippen LogP contribution in [0.25, 0.3) is 0 Å². The third-order valence-corrected chi connectivity index (χ3v) is 2.89. The molecule has 1 aromatic heterocycles. The second-order valence-corrected chi connectivity index (χ2v) is 4.81. The number of rotatable bonds is 4. The van der Waals surface area contributed by atoms with Gasteiger partial charge in [-0.3, -0.25) is 14.7 Å². The third-order valence-electron chi connectivity index (χ3n) is 1.87. The van der Waals surface area contributed by atoms with E-state index >= 15 is 0 Å². The fraction of sp³-hybridized carbons (Fsp3) is 0.556. The number of urea groups is 1. The number of nitrogen functional groups attached to an aromatic ring is 1. The highest BCUT2D eigenvalue weighted by atomic mass is 32.2.